The van der Waals surface area contributed by atoms with Crippen molar-refractivity contribution in [1.29, 1.82) is 0 Å². The molecule has 5 aromatic carbocycles. The van der Waals surface area contributed by atoms with Crippen LogP contribution < -0.4 is 42.9 Å². The van der Waals surface area contributed by atoms with Crippen LogP contribution in [0.4, 0.5) is 23.3 Å². The molecule has 0 saturated heterocycles. The molecule has 0 aliphatic carbocycles. The van der Waals surface area contributed by atoms with E-state index in [0.717, 1.165) is 60.5 Å². The number of nitrogens with one attached hydrogen (secondary N) is 2. The molecule has 0 saturated carbocycles. The number of rotatable bonds is 18. The predicted octanol–water partition coefficient (Wildman–Crippen LogP) is 7.92. The average molecular weight is 861 g/mol. The van der Waals surface area contributed by atoms with Gasteiger partial charge in [0.2, 0.25) is 11.9 Å². The largest absolute Gasteiger partial charge is 0.494 e. The fourth-order valence-corrected chi connectivity index (χ4v) is 7.80. The number of para-hydroxylation sites is 2. The first kappa shape index (κ1) is 41.5. The molecular weight excluding hydrogens is 813 g/mol. The lowest BCUT2D eigenvalue weighted by Crippen LogP contribution is -2.26. The fourth-order valence-electron chi connectivity index (χ4n) is 7.80. The second-order valence-electron chi connectivity index (χ2n) is 15.5. The summed E-state index contributed by atoms with van der Waals surface area (Å²) in [7, 11) is 0. The van der Waals surface area contributed by atoms with E-state index in [1.807, 2.05) is 12.1 Å². The van der Waals surface area contributed by atoms with Crippen LogP contribution in [0.2, 0.25) is 0 Å². The highest BCUT2D eigenvalue weighted by Gasteiger charge is 2.22. The molecule has 4 aromatic heterocycles. The number of nitrogens with zero attached hydrogens (tertiary/aromatic N) is 8. The zero-order valence-electron chi connectivity index (χ0n) is 35.6. The van der Waals surface area contributed by atoms with Crippen molar-refractivity contribution in [3.8, 4) is 22.9 Å². The maximum absolute atomic E-state index is 14.2. The molecule has 9 aromatic rings. The van der Waals surface area contributed by atoms with E-state index in [0.29, 0.717) is 69.5 Å². The van der Waals surface area contributed by atoms with Crippen LogP contribution in [0.3, 0.4) is 0 Å². The molecule has 0 aliphatic rings. The highest BCUT2D eigenvalue weighted by atomic mass is 16.5. The van der Waals surface area contributed by atoms with Crippen molar-refractivity contribution in [2.45, 2.75) is 65.2 Å². The van der Waals surface area contributed by atoms with Gasteiger partial charge in [-0.15, -0.1) is 0 Å². The maximum atomic E-state index is 14.2. The van der Waals surface area contributed by atoms with Crippen LogP contribution in [-0.4, -0.2) is 50.4 Å². The van der Waals surface area contributed by atoms with Gasteiger partial charge in [0.05, 0.1) is 46.7 Å². The van der Waals surface area contributed by atoms with Gasteiger partial charge in [-0.2, -0.15) is 18.1 Å². The van der Waals surface area contributed by atoms with Crippen molar-refractivity contribution in [3.05, 3.63) is 163 Å². The first-order valence-electron chi connectivity index (χ1n) is 21.8. The normalized spacial score (nSPS) is 11.5. The van der Waals surface area contributed by atoms with Gasteiger partial charge in [-0.05, 0) is 85.6 Å². The summed E-state index contributed by atoms with van der Waals surface area (Å²) in [4.78, 5) is 66.3. The molecule has 64 heavy (non-hydrogen) atoms. The van der Waals surface area contributed by atoms with Gasteiger partial charge in [0, 0.05) is 23.5 Å². The van der Waals surface area contributed by atoms with E-state index >= 15 is 0 Å². The Labute approximate surface area is 366 Å². The summed E-state index contributed by atoms with van der Waals surface area (Å²) in [5, 5.41) is 6.48. The first-order valence-corrected chi connectivity index (χ1v) is 21.8. The predicted molar refractivity (Wildman–Crippen MR) is 248 cm³/mol. The number of aromatic nitrogens is 8. The van der Waals surface area contributed by atoms with Gasteiger partial charge in [-0.1, -0.05) is 88.8 Å². The zero-order valence-corrected chi connectivity index (χ0v) is 35.6. The number of anilines is 4. The fraction of sp³-hybridized carbons (Fsp3) is 0.250. The number of unbranched alkanes of at least 4 members (excludes halogenated alkanes) is 6. The van der Waals surface area contributed by atoms with Crippen molar-refractivity contribution in [3.63, 3.8) is 0 Å². The standard InChI is InChI=1S/C48H48N10O6/c1-3-5-7-15-29-63-37-25-27-39-41(31-37)55-45(59)53(35-17-11-9-12-18-35)47(61)57(55)43(51-39)49-33-21-23-34(24-22-33)50-44-52-40-28-26-38(64-30-16-8-6-4-2)32-42(40)56-46(60)54(48(62)58(44)56)36-19-13-10-14-20-36/h9-14,17-28,31-32H,3-8,15-16,29-30H2,1-2H3,(H,49,51)(H,50,52). The average Bonchev–Trinajstić information content (AvgIpc) is 3.75. The second-order valence-corrected chi connectivity index (χ2v) is 15.5. The van der Waals surface area contributed by atoms with Gasteiger partial charge in [-0.25, -0.2) is 38.3 Å². The summed E-state index contributed by atoms with van der Waals surface area (Å²) in [6, 6.07) is 35.1. The second kappa shape index (κ2) is 18.2. The molecule has 0 radical (unpaired) electrons. The lowest BCUT2D eigenvalue weighted by Gasteiger charge is -2.13. The van der Waals surface area contributed by atoms with Crippen LogP contribution in [0, 0.1) is 0 Å². The number of benzene rings is 5. The van der Waals surface area contributed by atoms with E-state index in [1.54, 1.807) is 109 Å². The Morgan fingerprint density at radius 3 is 1.23 bits per heavy atom. The first-order chi connectivity index (χ1) is 31.3. The van der Waals surface area contributed by atoms with Crippen LogP contribution in [0.25, 0.3) is 33.4 Å². The smallest absolute Gasteiger partial charge is 0.359 e. The Kier molecular flexibility index (Phi) is 11.8. The zero-order chi connectivity index (χ0) is 44.2. The molecule has 16 nitrogen and oxygen atoms in total. The maximum Gasteiger partial charge on any atom is 0.359 e. The summed E-state index contributed by atoms with van der Waals surface area (Å²) in [5.41, 5.74) is 1.29. The third kappa shape index (κ3) is 8.00. The molecule has 0 atom stereocenters. The lowest BCUT2D eigenvalue weighted by molar-refractivity contribution is 0.305. The highest BCUT2D eigenvalue weighted by Crippen LogP contribution is 2.26. The van der Waals surface area contributed by atoms with Gasteiger partial charge in [0.15, 0.2) is 0 Å². The van der Waals surface area contributed by atoms with E-state index in [2.05, 4.69) is 24.5 Å². The van der Waals surface area contributed by atoms with E-state index in [-0.39, 0.29) is 11.9 Å². The molecule has 0 amide bonds. The SMILES string of the molecule is CCCCCCOc1ccc2nc(Nc3ccc(Nc4nc5ccc(OCCCCCC)cc5n5c(=O)n(-c6ccccc6)c(=O)n45)cc3)n3c(=O)n(-c4ccccc4)c(=O)n3c2c1. The van der Waals surface area contributed by atoms with Crippen molar-refractivity contribution in [1.82, 2.24) is 37.2 Å². The van der Waals surface area contributed by atoms with E-state index < -0.39 is 22.8 Å². The Hall–Kier alpha value is -7.88. The van der Waals surface area contributed by atoms with Gasteiger partial charge < -0.3 is 20.1 Å². The highest BCUT2D eigenvalue weighted by molar-refractivity contribution is 5.79. The minimum Gasteiger partial charge on any atom is -0.494 e. The Bertz CT molecular complexity index is 3130. The van der Waals surface area contributed by atoms with Crippen LogP contribution in [-0.2, 0) is 0 Å². The molecule has 0 aliphatic heterocycles. The number of hydrogen-bond acceptors (Lipinski definition) is 10. The Morgan fingerprint density at radius 2 is 0.844 bits per heavy atom. The monoisotopic (exact) mass is 860 g/mol. The molecule has 16 heteroatoms. The van der Waals surface area contributed by atoms with Gasteiger partial charge >= 0.3 is 22.8 Å². The number of ether oxygens (including phenoxy) is 2. The number of hydrogen-bond donors (Lipinski definition) is 2. The third-order valence-electron chi connectivity index (χ3n) is 11.1. The van der Waals surface area contributed by atoms with Crippen molar-refractivity contribution >= 4 is 45.3 Å². The summed E-state index contributed by atoms with van der Waals surface area (Å²) >= 11 is 0. The molecule has 0 bridgehead atoms. The van der Waals surface area contributed by atoms with Gasteiger partial charge in [-0.3, -0.25) is 0 Å². The molecule has 2 N–H and O–H groups in total. The summed E-state index contributed by atoms with van der Waals surface area (Å²) in [5.74, 6) is 1.34. The lowest BCUT2D eigenvalue weighted by atomic mass is 10.2. The molecule has 326 valence electrons. The summed E-state index contributed by atoms with van der Waals surface area (Å²) in [6.45, 7) is 5.37. The van der Waals surface area contributed by atoms with Crippen LogP contribution >= 0.6 is 0 Å². The summed E-state index contributed by atoms with van der Waals surface area (Å²) in [6.07, 6.45) is 8.41. The van der Waals surface area contributed by atoms with Crippen LogP contribution in [0.5, 0.6) is 11.5 Å². The van der Waals surface area contributed by atoms with Crippen molar-refractivity contribution < 1.29 is 9.47 Å². The molecule has 0 unspecified atom stereocenters. The van der Waals surface area contributed by atoms with E-state index in [4.69, 9.17) is 19.4 Å². The molecule has 4 heterocycles. The van der Waals surface area contributed by atoms with Crippen molar-refractivity contribution in [2.24, 2.45) is 0 Å². The van der Waals surface area contributed by atoms with E-state index in [1.165, 1.54) is 18.1 Å². The molecule has 0 spiro atoms. The molecular formula is C48H48N10O6. The van der Waals surface area contributed by atoms with Crippen molar-refractivity contribution in [2.75, 3.05) is 23.8 Å². The minimum atomic E-state index is -0.613. The van der Waals surface area contributed by atoms with Crippen LogP contribution in [0.15, 0.2) is 141 Å². The topological polar surface area (TPSA) is 164 Å². The minimum absolute atomic E-state index is 0.105. The van der Waals surface area contributed by atoms with Gasteiger partial charge in [0.1, 0.15) is 11.5 Å². The van der Waals surface area contributed by atoms with Crippen LogP contribution in [0.1, 0.15) is 65.2 Å². The quantitative estimate of drug-likeness (QED) is 0.0811. The van der Waals surface area contributed by atoms with E-state index in [9.17, 15) is 19.2 Å². The molecule has 0 fully saturated rings. The third-order valence-corrected chi connectivity index (χ3v) is 11.1. The molecule has 9 rings (SSSR count). The van der Waals surface area contributed by atoms with Gasteiger partial charge in [0.25, 0.3) is 0 Å². The summed E-state index contributed by atoms with van der Waals surface area (Å²) < 4.78 is 19.4. The Balaban J connectivity index is 1.07. The Morgan fingerprint density at radius 1 is 0.453 bits per heavy atom. The number of fused-ring (bicyclic) bond motifs is 6.